The van der Waals surface area contributed by atoms with Crippen LogP contribution in [0, 0.1) is 0 Å². The number of halogens is 1. The van der Waals surface area contributed by atoms with Crippen LogP contribution in [0.1, 0.15) is 26.3 Å². The summed E-state index contributed by atoms with van der Waals surface area (Å²) in [6.45, 7) is 8.88. The van der Waals surface area contributed by atoms with Crippen LogP contribution in [0.15, 0.2) is 47.2 Å². The number of phenols is 1. The molecule has 1 aliphatic heterocycles. The van der Waals surface area contributed by atoms with Gasteiger partial charge in [-0.05, 0) is 57.8 Å². The van der Waals surface area contributed by atoms with Crippen molar-refractivity contribution in [2.24, 2.45) is 10.7 Å². The second-order valence-corrected chi connectivity index (χ2v) is 6.31. The normalized spacial score (nSPS) is 16.2. The van der Waals surface area contributed by atoms with Crippen LogP contribution in [-0.4, -0.2) is 41.7 Å². The number of nitrogens with two attached hydrogens (primary N) is 1. The van der Waals surface area contributed by atoms with Crippen molar-refractivity contribution in [1.29, 1.82) is 0 Å². The lowest BCUT2D eigenvalue weighted by Crippen LogP contribution is -2.13. The van der Waals surface area contributed by atoms with Crippen LogP contribution in [0.4, 0.5) is 0 Å². The van der Waals surface area contributed by atoms with E-state index in [2.05, 4.69) is 22.1 Å². The van der Waals surface area contributed by atoms with Crippen molar-refractivity contribution in [3.05, 3.63) is 47.3 Å². The van der Waals surface area contributed by atoms with E-state index in [1.54, 1.807) is 19.2 Å². The molecular weight excluding hydrogens is 350 g/mol. The molecule has 1 aromatic carbocycles. The van der Waals surface area contributed by atoms with E-state index in [9.17, 15) is 5.11 Å². The molecule has 2 aromatic rings. The highest BCUT2D eigenvalue weighted by atomic mass is 35.5. The van der Waals surface area contributed by atoms with Crippen molar-refractivity contribution in [1.82, 2.24) is 15.1 Å². The molecule has 0 amide bonds. The first-order valence-corrected chi connectivity index (χ1v) is 8.78. The molecule has 142 valence electrons. The standard InChI is InChI=1S/C13H14ClN3O.C4H9N.C2H5N/c14-10-5-9(6-12(18)7-10)13-2-4-17(16-13)11-1-3-15-8-11;1-3-4(2)5;1-3-2/h2,4-7,11,15,18H,1,3,8H2;3H,5H2,1-2H3;1H2,2H3/b;4-3-;. The summed E-state index contributed by atoms with van der Waals surface area (Å²) in [6.07, 6.45) is 4.94. The number of allylic oxidation sites excluding steroid dienone is 2. The molecule has 1 atom stereocenters. The molecule has 2 heterocycles. The van der Waals surface area contributed by atoms with Gasteiger partial charge in [-0.1, -0.05) is 17.7 Å². The third-order valence-electron chi connectivity index (χ3n) is 3.65. The largest absolute Gasteiger partial charge is 0.508 e. The molecule has 1 aliphatic rings. The first-order chi connectivity index (χ1) is 12.4. The van der Waals surface area contributed by atoms with Crippen LogP contribution >= 0.6 is 11.6 Å². The van der Waals surface area contributed by atoms with Gasteiger partial charge in [-0.25, -0.2) is 0 Å². The van der Waals surface area contributed by atoms with Gasteiger partial charge >= 0.3 is 0 Å². The Labute approximate surface area is 160 Å². The van der Waals surface area contributed by atoms with Gasteiger partial charge in [-0.3, -0.25) is 4.68 Å². The molecule has 0 saturated carbocycles. The number of hydrogen-bond donors (Lipinski definition) is 3. The number of rotatable bonds is 2. The molecular formula is C19H28ClN5O. The van der Waals surface area contributed by atoms with E-state index in [4.69, 9.17) is 17.3 Å². The monoisotopic (exact) mass is 377 g/mol. The first-order valence-electron chi connectivity index (χ1n) is 8.40. The Morgan fingerprint density at radius 1 is 1.50 bits per heavy atom. The molecule has 0 radical (unpaired) electrons. The molecule has 6 nitrogen and oxygen atoms in total. The van der Waals surface area contributed by atoms with Crippen LogP contribution in [0.25, 0.3) is 11.3 Å². The fourth-order valence-corrected chi connectivity index (χ4v) is 2.51. The van der Waals surface area contributed by atoms with Gasteiger partial charge in [0, 0.05) is 36.1 Å². The molecule has 0 aliphatic carbocycles. The van der Waals surface area contributed by atoms with E-state index < -0.39 is 0 Å². The SMILES string of the molecule is C/C=C(/C)N.C=NC.Oc1cc(Cl)cc(-c2ccn(C3CCNC3)n2)c1. The highest BCUT2D eigenvalue weighted by Crippen LogP contribution is 2.27. The van der Waals surface area contributed by atoms with Crippen molar-refractivity contribution < 1.29 is 5.11 Å². The summed E-state index contributed by atoms with van der Waals surface area (Å²) in [5, 5.41) is 17.9. The molecule has 1 unspecified atom stereocenters. The zero-order chi connectivity index (χ0) is 19.5. The van der Waals surface area contributed by atoms with Crippen molar-refractivity contribution >= 4 is 18.3 Å². The molecule has 4 N–H and O–H groups in total. The Morgan fingerprint density at radius 3 is 2.65 bits per heavy atom. The molecule has 0 spiro atoms. The van der Waals surface area contributed by atoms with E-state index in [1.165, 1.54) is 6.07 Å². The predicted molar refractivity (Wildman–Crippen MR) is 110 cm³/mol. The fourth-order valence-electron chi connectivity index (χ4n) is 2.28. The van der Waals surface area contributed by atoms with Gasteiger partial charge < -0.3 is 21.1 Å². The maximum Gasteiger partial charge on any atom is 0.117 e. The quantitative estimate of drug-likeness (QED) is 0.697. The molecule has 1 fully saturated rings. The van der Waals surface area contributed by atoms with E-state index in [1.807, 2.05) is 36.9 Å². The van der Waals surface area contributed by atoms with Gasteiger partial charge in [0.25, 0.3) is 0 Å². The second kappa shape index (κ2) is 11.3. The summed E-state index contributed by atoms with van der Waals surface area (Å²) >= 11 is 5.93. The zero-order valence-electron chi connectivity index (χ0n) is 15.6. The summed E-state index contributed by atoms with van der Waals surface area (Å²) < 4.78 is 1.98. The van der Waals surface area contributed by atoms with E-state index in [0.29, 0.717) is 11.1 Å². The average Bonchev–Trinajstić information content (AvgIpc) is 3.26. The number of hydrogen-bond acceptors (Lipinski definition) is 5. The molecule has 1 aromatic heterocycles. The maximum atomic E-state index is 9.54. The minimum absolute atomic E-state index is 0.162. The van der Waals surface area contributed by atoms with Gasteiger partial charge in [0.1, 0.15) is 5.75 Å². The van der Waals surface area contributed by atoms with Gasteiger partial charge in [0.15, 0.2) is 0 Å². The third kappa shape index (κ3) is 7.29. The van der Waals surface area contributed by atoms with Crippen LogP contribution in [0.2, 0.25) is 5.02 Å². The Kier molecular flexibility index (Phi) is 9.47. The highest BCUT2D eigenvalue weighted by molar-refractivity contribution is 6.31. The number of phenolic OH excluding ortho intramolecular Hbond substituents is 1. The number of aromatic nitrogens is 2. The second-order valence-electron chi connectivity index (χ2n) is 5.87. The fraction of sp³-hybridized carbons (Fsp3) is 0.368. The smallest absolute Gasteiger partial charge is 0.117 e. The number of nitrogens with zero attached hydrogens (tertiary/aromatic N) is 3. The Hall–Kier alpha value is -2.31. The number of aromatic hydroxyl groups is 1. The van der Waals surface area contributed by atoms with Crippen molar-refractivity contribution in [2.45, 2.75) is 26.3 Å². The van der Waals surface area contributed by atoms with Gasteiger partial charge in [-0.15, -0.1) is 0 Å². The van der Waals surface area contributed by atoms with Crippen LogP contribution in [0.3, 0.4) is 0 Å². The molecule has 26 heavy (non-hydrogen) atoms. The highest BCUT2D eigenvalue weighted by Gasteiger charge is 2.17. The third-order valence-corrected chi connectivity index (χ3v) is 3.87. The van der Waals surface area contributed by atoms with Crippen LogP contribution in [-0.2, 0) is 0 Å². The van der Waals surface area contributed by atoms with Gasteiger partial charge in [-0.2, -0.15) is 5.10 Å². The van der Waals surface area contributed by atoms with Gasteiger partial charge in [0.05, 0.1) is 11.7 Å². The van der Waals surface area contributed by atoms with E-state index in [0.717, 1.165) is 36.5 Å². The molecule has 1 saturated heterocycles. The Bertz CT molecular complexity index is 696. The van der Waals surface area contributed by atoms with Crippen LogP contribution < -0.4 is 11.1 Å². The summed E-state index contributed by atoms with van der Waals surface area (Å²) in [5.41, 5.74) is 7.70. The molecule has 0 bridgehead atoms. The summed E-state index contributed by atoms with van der Waals surface area (Å²) in [4.78, 5) is 3.25. The zero-order valence-corrected chi connectivity index (χ0v) is 16.4. The topological polar surface area (TPSA) is 88.5 Å². The lowest BCUT2D eigenvalue weighted by Gasteiger charge is -2.08. The van der Waals surface area contributed by atoms with E-state index in [-0.39, 0.29) is 5.75 Å². The lowest BCUT2D eigenvalue weighted by atomic mass is 10.1. The number of aliphatic imine (C=N–C) groups is 1. The average molecular weight is 378 g/mol. The van der Waals surface area contributed by atoms with Crippen LogP contribution in [0.5, 0.6) is 5.75 Å². The lowest BCUT2D eigenvalue weighted by molar-refractivity contribution is 0.475. The minimum Gasteiger partial charge on any atom is -0.508 e. The summed E-state index contributed by atoms with van der Waals surface area (Å²) in [5.74, 6) is 0.162. The predicted octanol–water partition coefficient (Wildman–Crippen LogP) is 3.63. The van der Waals surface area contributed by atoms with Crippen molar-refractivity contribution in [3.63, 3.8) is 0 Å². The molecule has 3 rings (SSSR count). The molecule has 7 heteroatoms. The Morgan fingerprint density at radius 2 is 2.15 bits per heavy atom. The number of nitrogens with one attached hydrogen (secondary N) is 1. The Balaban J connectivity index is 0.000000361. The van der Waals surface area contributed by atoms with Crippen molar-refractivity contribution in [2.75, 3.05) is 20.1 Å². The summed E-state index contributed by atoms with van der Waals surface area (Å²) in [7, 11) is 1.64. The van der Waals surface area contributed by atoms with Gasteiger partial charge in [0.2, 0.25) is 0 Å². The minimum atomic E-state index is 0.162. The maximum absolute atomic E-state index is 9.54. The van der Waals surface area contributed by atoms with E-state index >= 15 is 0 Å². The first kappa shape index (κ1) is 21.7. The number of benzene rings is 1. The summed E-state index contributed by atoms with van der Waals surface area (Å²) in [6, 6.07) is 7.37. The van der Waals surface area contributed by atoms with Crippen molar-refractivity contribution in [3.8, 4) is 17.0 Å².